The lowest BCUT2D eigenvalue weighted by Gasteiger charge is -2.08. The van der Waals surface area contributed by atoms with Gasteiger partial charge in [-0.15, -0.1) is 0 Å². The minimum atomic E-state index is -5.84. The molecule has 1 aliphatic carbocycles. The van der Waals surface area contributed by atoms with Gasteiger partial charge in [-0.05, 0) is 64.8 Å². The van der Waals surface area contributed by atoms with Crippen molar-refractivity contribution < 1.29 is 35.7 Å². The van der Waals surface area contributed by atoms with Crippen LogP contribution in [-0.4, -0.2) is 24.4 Å². The first-order chi connectivity index (χ1) is 18.5. The first-order valence-corrected chi connectivity index (χ1v) is 13.4. The second-order valence-electron chi connectivity index (χ2n) is 8.59. The summed E-state index contributed by atoms with van der Waals surface area (Å²) in [4.78, 5) is 10.4. The summed E-state index contributed by atoms with van der Waals surface area (Å²) >= 11 is 0. The van der Waals surface area contributed by atoms with Crippen LogP contribution in [0.3, 0.4) is 0 Å². The Kier molecular flexibility index (Phi) is 10.0. The number of benzene rings is 4. The minimum Gasteiger partial charge on any atom is -0.427 e. The lowest BCUT2D eigenvalue weighted by Crippen LogP contribution is -2.21. The second-order valence-corrected chi connectivity index (χ2v) is 10.0. The number of esters is 1. The van der Waals surface area contributed by atoms with Gasteiger partial charge in [0.2, 0.25) is 0 Å². The number of para-hydroxylation sites is 1. The topological polar surface area (TPSA) is 80.7 Å². The molecule has 0 radical (unpaired) electrons. The van der Waals surface area contributed by atoms with Gasteiger partial charge >= 0.3 is 21.6 Å². The molecule has 0 aromatic heterocycles. The summed E-state index contributed by atoms with van der Waals surface area (Å²) in [6, 6.07) is 35.3. The number of hydrogen-bond acceptors (Lipinski definition) is 4. The molecule has 0 unspecified atom stereocenters. The number of fused-ring (bicyclic) bond motifs is 3. The van der Waals surface area contributed by atoms with Crippen LogP contribution in [0, 0.1) is 0 Å². The maximum atomic E-state index is 10.7. The van der Waals surface area contributed by atoms with Crippen LogP contribution < -0.4 is 4.74 Å². The molecule has 0 spiro atoms. The number of ether oxygens (including phenoxy) is 1. The van der Waals surface area contributed by atoms with Gasteiger partial charge in [0.15, 0.2) is 0 Å². The highest BCUT2D eigenvalue weighted by Gasteiger charge is 2.44. The second kappa shape index (κ2) is 13.2. The van der Waals surface area contributed by atoms with Crippen LogP contribution in [0.5, 0.6) is 5.75 Å². The quantitative estimate of drug-likeness (QED) is 0.111. The van der Waals surface area contributed by atoms with Gasteiger partial charge in [-0.2, -0.15) is 21.6 Å². The van der Waals surface area contributed by atoms with Crippen LogP contribution in [0.4, 0.5) is 13.2 Å². The highest BCUT2D eigenvalue weighted by molar-refractivity contribution is 7.86. The molecule has 0 amide bonds. The average molecular weight is 557 g/mol. The minimum absolute atomic E-state index is 0.286. The Morgan fingerprint density at radius 3 is 1.92 bits per heavy atom. The largest absolute Gasteiger partial charge is 0.522 e. The lowest BCUT2D eigenvalue weighted by atomic mass is 9.96. The van der Waals surface area contributed by atoms with Crippen molar-refractivity contribution in [1.82, 2.24) is 0 Å². The first kappa shape index (κ1) is 29.6. The molecule has 5 rings (SSSR count). The Bertz CT molecular complexity index is 1490. The van der Waals surface area contributed by atoms with Gasteiger partial charge in [0.05, 0.1) is 0 Å². The van der Waals surface area contributed by atoms with Gasteiger partial charge in [0.25, 0.3) is 0 Å². The number of rotatable bonds is 4. The summed E-state index contributed by atoms with van der Waals surface area (Å²) in [6.07, 6.45) is 3.34. The first-order valence-electron chi connectivity index (χ1n) is 12.0. The summed E-state index contributed by atoms with van der Waals surface area (Å²) in [5, 5.41) is 0. The Morgan fingerprint density at radius 1 is 0.795 bits per heavy atom. The van der Waals surface area contributed by atoms with Crippen molar-refractivity contribution in [2.75, 3.05) is 0 Å². The predicted molar refractivity (Wildman–Crippen MR) is 144 cm³/mol. The molecule has 0 aliphatic heterocycles. The lowest BCUT2D eigenvalue weighted by molar-refractivity contribution is -0.131. The van der Waals surface area contributed by atoms with Crippen molar-refractivity contribution in [2.45, 2.75) is 31.7 Å². The van der Waals surface area contributed by atoms with E-state index in [1.807, 2.05) is 18.2 Å². The third-order valence-corrected chi connectivity index (χ3v) is 6.36. The van der Waals surface area contributed by atoms with Crippen LogP contribution >= 0.6 is 0 Å². The fourth-order valence-electron chi connectivity index (χ4n) is 4.04. The highest BCUT2D eigenvalue weighted by atomic mass is 32.2. The number of alkyl halides is 3. The van der Waals surface area contributed by atoms with Gasteiger partial charge in [0.1, 0.15) is 5.75 Å². The summed E-state index contributed by atoms with van der Waals surface area (Å²) in [5.41, 5.74) is 3.27. The molecular formula is C30H27F3O5S. The molecule has 0 saturated carbocycles. The van der Waals surface area contributed by atoms with Crippen LogP contribution in [0.2, 0.25) is 0 Å². The zero-order valence-corrected chi connectivity index (χ0v) is 21.9. The smallest absolute Gasteiger partial charge is 0.427 e. The molecule has 39 heavy (non-hydrogen) atoms. The van der Waals surface area contributed by atoms with E-state index in [4.69, 9.17) is 17.7 Å². The maximum Gasteiger partial charge on any atom is 0.522 e. The molecule has 0 heterocycles. The van der Waals surface area contributed by atoms with E-state index in [0.717, 1.165) is 19.3 Å². The zero-order valence-electron chi connectivity index (χ0n) is 21.1. The molecule has 0 bridgehead atoms. The molecule has 9 heteroatoms. The van der Waals surface area contributed by atoms with Gasteiger partial charge in [-0.3, -0.25) is 9.35 Å². The van der Waals surface area contributed by atoms with E-state index in [2.05, 4.69) is 72.8 Å². The van der Waals surface area contributed by atoms with E-state index in [-0.39, 0.29) is 5.97 Å². The van der Waals surface area contributed by atoms with E-state index < -0.39 is 15.6 Å². The van der Waals surface area contributed by atoms with E-state index in [1.165, 1.54) is 40.3 Å². The highest BCUT2D eigenvalue weighted by Crippen LogP contribution is 2.38. The zero-order chi connectivity index (χ0) is 28.5. The van der Waals surface area contributed by atoms with Crippen molar-refractivity contribution in [2.24, 2.45) is 0 Å². The molecule has 1 aliphatic rings. The Balaban J connectivity index is 0.000000195. The number of carbonyl (C=O) groups excluding carboxylic acids is 1. The molecule has 204 valence electrons. The van der Waals surface area contributed by atoms with Crippen molar-refractivity contribution in [3.8, 4) is 16.9 Å². The molecule has 0 fully saturated rings. The van der Waals surface area contributed by atoms with Crippen LogP contribution in [0.1, 0.15) is 29.2 Å². The Morgan fingerprint density at radius 2 is 1.33 bits per heavy atom. The summed E-state index contributed by atoms with van der Waals surface area (Å²) in [6.45, 7) is 1.38. The van der Waals surface area contributed by atoms with E-state index in [1.54, 1.807) is 12.1 Å². The third-order valence-electron chi connectivity index (χ3n) is 5.77. The van der Waals surface area contributed by atoms with Gasteiger partial charge in [-0.25, -0.2) is 0 Å². The van der Waals surface area contributed by atoms with E-state index in [0.29, 0.717) is 5.75 Å². The Hall–Kier alpha value is -3.95. The molecule has 5 nitrogen and oxygen atoms in total. The van der Waals surface area contributed by atoms with Crippen LogP contribution in [0.15, 0.2) is 103 Å². The molecule has 4 aromatic rings. The standard InChI is InChI=1S/C21H18.C8H8O2.CHF3O3S/c1-2-7-16(8-3-1)13-14-17-10-6-12-20-19-11-5-4-9-18(19)15-21(17)20;1-7(9)10-8-5-3-2-4-6-8;2-1(3,4)8(5,6)7/h1-12H,13-15H2;2-6H,1H3;(H,5,6,7). The fraction of sp³-hybridized carbons (Fsp3) is 0.167. The van der Waals surface area contributed by atoms with E-state index >= 15 is 0 Å². The summed E-state index contributed by atoms with van der Waals surface area (Å²) < 4.78 is 62.3. The normalized spacial score (nSPS) is 11.6. The number of carbonyl (C=O) groups is 1. The molecule has 4 aromatic carbocycles. The predicted octanol–water partition coefficient (Wildman–Crippen LogP) is 7.05. The van der Waals surface area contributed by atoms with Crippen LogP contribution in [0.25, 0.3) is 11.1 Å². The maximum absolute atomic E-state index is 10.7. The van der Waals surface area contributed by atoms with Crippen molar-refractivity contribution in [3.05, 3.63) is 125 Å². The summed E-state index contributed by atoms with van der Waals surface area (Å²) in [7, 11) is -5.84. The molecule has 0 atom stereocenters. The number of hydrogen-bond donors (Lipinski definition) is 1. The van der Waals surface area contributed by atoms with Gasteiger partial charge < -0.3 is 4.74 Å². The third kappa shape index (κ3) is 8.80. The average Bonchev–Trinajstić information content (AvgIpc) is 3.27. The van der Waals surface area contributed by atoms with Gasteiger partial charge in [0, 0.05) is 6.92 Å². The van der Waals surface area contributed by atoms with Crippen molar-refractivity contribution >= 4 is 16.1 Å². The Labute approximate surface area is 225 Å². The molecule has 1 N–H and O–H groups in total. The fourth-order valence-corrected chi connectivity index (χ4v) is 4.04. The van der Waals surface area contributed by atoms with Gasteiger partial charge in [-0.1, -0.05) is 91.0 Å². The van der Waals surface area contributed by atoms with Crippen molar-refractivity contribution in [3.63, 3.8) is 0 Å². The summed E-state index contributed by atoms with van der Waals surface area (Å²) in [5.74, 6) is 0.307. The number of aryl methyl sites for hydroxylation is 2. The SMILES string of the molecule is CC(=O)Oc1ccccc1.O=S(=O)(O)C(F)(F)F.c1ccc(CCc2cccc3c2Cc2ccccc2-3)cc1. The van der Waals surface area contributed by atoms with E-state index in [9.17, 15) is 18.0 Å². The molecular weight excluding hydrogens is 529 g/mol. The number of halogens is 3. The molecule has 0 saturated heterocycles. The van der Waals surface area contributed by atoms with Crippen molar-refractivity contribution in [1.29, 1.82) is 0 Å². The monoisotopic (exact) mass is 556 g/mol. The van der Waals surface area contributed by atoms with Crippen LogP contribution in [-0.2, 0) is 34.2 Å².